The SMILES string of the molecule is CCOCc1c(C(=O)Nc2ccc(OC(F)F)cc2)oc2ccccc12. The number of carbonyl (C=O) groups excluding carboxylic acids is 1. The van der Waals surface area contributed by atoms with Crippen LogP contribution in [0.25, 0.3) is 11.0 Å². The van der Waals surface area contributed by atoms with Crippen LogP contribution in [-0.2, 0) is 11.3 Å². The number of nitrogens with one attached hydrogen (secondary N) is 1. The van der Waals surface area contributed by atoms with Gasteiger partial charge in [-0.2, -0.15) is 8.78 Å². The Bertz CT molecular complexity index is 890. The first-order valence-electron chi connectivity index (χ1n) is 8.03. The summed E-state index contributed by atoms with van der Waals surface area (Å²) in [6.45, 7) is -0.277. The number of halogens is 2. The summed E-state index contributed by atoms with van der Waals surface area (Å²) >= 11 is 0. The van der Waals surface area contributed by atoms with Gasteiger partial charge in [0.1, 0.15) is 11.3 Å². The highest BCUT2D eigenvalue weighted by atomic mass is 19.3. The molecule has 1 N–H and O–H groups in total. The molecule has 2 aromatic carbocycles. The fraction of sp³-hybridized carbons (Fsp3) is 0.211. The van der Waals surface area contributed by atoms with Gasteiger partial charge >= 0.3 is 6.61 Å². The molecule has 0 aliphatic carbocycles. The van der Waals surface area contributed by atoms with E-state index in [1.54, 1.807) is 6.07 Å². The van der Waals surface area contributed by atoms with Crippen LogP contribution in [0.2, 0.25) is 0 Å². The van der Waals surface area contributed by atoms with Gasteiger partial charge in [0, 0.05) is 23.2 Å². The summed E-state index contributed by atoms with van der Waals surface area (Å²) < 4.78 is 39.8. The van der Waals surface area contributed by atoms with E-state index in [1.807, 2.05) is 25.1 Å². The Morgan fingerprint density at radius 2 is 1.88 bits per heavy atom. The maximum atomic E-state index is 12.6. The molecule has 0 unspecified atom stereocenters. The van der Waals surface area contributed by atoms with Crippen molar-refractivity contribution >= 4 is 22.6 Å². The van der Waals surface area contributed by atoms with Crippen molar-refractivity contribution < 1.29 is 27.5 Å². The summed E-state index contributed by atoms with van der Waals surface area (Å²) in [5, 5.41) is 3.50. The maximum absolute atomic E-state index is 12.6. The summed E-state index contributed by atoms with van der Waals surface area (Å²) in [6.07, 6.45) is 0. The van der Waals surface area contributed by atoms with E-state index in [4.69, 9.17) is 9.15 Å². The number of amides is 1. The zero-order chi connectivity index (χ0) is 18.5. The van der Waals surface area contributed by atoms with Crippen LogP contribution in [0.1, 0.15) is 23.0 Å². The van der Waals surface area contributed by atoms with Crippen molar-refractivity contribution in [2.24, 2.45) is 0 Å². The first kappa shape index (κ1) is 17.9. The third kappa shape index (κ3) is 4.00. The molecule has 0 atom stereocenters. The van der Waals surface area contributed by atoms with Gasteiger partial charge < -0.3 is 19.2 Å². The van der Waals surface area contributed by atoms with Gasteiger partial charge in [0.2, 0.25) is 0 Å². The van der Waals surface area contributed by atoms with Gasteiger partial charge in [0.25, 0.3) is 5.91 Å². The monoisotopic (exact) mass is 361 g/mol. The van der Waals surface area contributed by atoms with Crippen molar-refractivity contribution in [3.63, 3.8) is 0 Å². The molecule has 1 heterocycles. The molecule has 0 spiro atoms. The lowest BCUT2D eigenvalue weighted by molar-refractivity contribution is -0.0498. The van der Waals surface area contributed by atoms with E-state index in [2.05, 4.69) is 10.1 Å². The molecule has 0 aliphatic heterocycles. The van der Waals surface area contributed by atoms with Crippen molar-refractivity contribution in [2.45, 2.75) is 20.1 Å². The van der Waals surface area contributed by atoms with Crippen LogP contribution in [0.5, 0.6) is 5.75 Å². The van der Waals surface area contributed by atoms with Crippen LogP contribution in [0, 0.1) is 0 Å². The number of carbonyl (C=O) groups is 1. The fourth-order valence-electron chi connectivity index (χ4n) is 2.54. The Hall–Kier alpha value is -2.93. The van der Waals surface area contributed by atoms with Crippen LogP contribution < -0.4 is 10.1 Å². The number of alkyl halides is 2. The molecule has 0 fully saturated rings. The Morgan fingerprint density at radius 3 is 2.58 bits per heavy atom. The van der Waals surface area contributed by atoms with E-state index >= 15 is 0 Å². The summed E-state index contributed by atoms with van der Waals surface area (Å²) in [4.78, 5) is 12.6. The Balaban J connectivity index is 1.83. The highest BCUT2D eigenvalue weighted by Crippen LogP contribution is 2.27. The van der Waals surface area contributed by atoms with E-state index in [9.17, 15) is 13.6 Å². The highest BCUT2D eigenvalue weighted by Gasteiger charge is 2.20. The molecule has 136 valence electrons. The standard InChI is InChI=1S/C19H17F2NO4/c1-2-24-11-15-14-5-3-4-6-16(14)26-17(15)18(23)22-12-7-9-13(10-8-12)25-19(20)21/h3-10,19H,2,11H2,1H3,(H,22,23). The molecule has 1 amide bonds. The number of furan rings is 1. The average Bonchev–Trinajstić information content (AvgIpc) is 3.00. The zero-order valence-electron chi connectivity index (χ0n) is 14.0. The smallest absolute Gasteiger partial charge is 0.387 e. The van der Waals surface area contributed by atoms with Crippen molar-refractivity contribution in [3.05, 3.63) is 59.9 Å². The quantitative estimate of drug-likeness (QED) is 0.655. The Labute approximate surface area is 148 Å². The fourth-order valence-corrected chi connectivity index (χ4v) is 2.54. The number of anilines is 1. The topological polar surface area (TPSA) is 60.7 Å². The molecule has 5 nitrogen and oxygen atoms in total. The van der Waals surface area contributed by atoms with Gasteiger partial charge in [0.15, 0.2) is 5.76 Å². The minimum absolute atomic E-state index is 0.0128. The molecule has 0 bridgehead atoms. The van der Waals surface area contributed by atoms with Gasteiger partial charge in [-0.25, -0.2) is 0 Å². The molecule has 0 saturated heterocycles. The van der Waals surface area contributed by atoms with Crippen LogP contribution in [0.15, 0.2) is 52.9 Å². The minimum atomic E-state index is -2.90. The maximum Gasteiger partial charge on any atom is 0.387 e. The van der Waals surface area contributed by atoms with Crippen molar-refractivity contribution in [1.29, 1.82) is 0 Å². The lowest BCUT2D eigenvalue weighted by atomic mass is 10.1. The van der Waals surface area contributed by atoms with E-state index in [0.29, 0.717) is 23.4 Å². The van der Waals surface area contributed by atoms with Gasteiger partial charge in [-0.05, 0) is 37.3 Å². The largest absolute Gasteiger partial charge is 0.451 e. The summed E-state index contributed by atoms with van der Waals surface area (Å²) in [6, 6.07) is 13.0. The lowest BCUT2D eigenvalue weighted by Gasteiger charge is -2.07. The van der Waals surface area contributed by atoms with Crippen molar-refractivity contribution in [1.82, 2.24) is 0 Å². The van der Waals surface area contributed by atoms with Crippen molar-refractivity contribution in [2.75, 3.05) is 11.9 Å². The third-order valence-electron chi connectivity index (χ3n) is 3.69. The summed E-state index contributed by atoms with van der Waals surface area (Å²) in [5.41, 5.74) is 1.69. The van der Waals surface area contributed by atoms with Gasteiger partial charge in [-0.3, -0.25) is 4.79 Å². The minimum Gasteiger partial charge on any atom is -0.451 e. The Morgan fingerprint density at radius 1 is 1.15 bits per heavy atom. The van der Waals surface area contributed by atoms with Gasteiger partial charge in [-0.1, -0.05) is 18.2 Å². The van der Waals surface area contributed by atoms with Crippen LogP contribution in [-0.4, -0.2) is 19.1 Å². The highest BCUT2D eigenvalue weighted by molar-refractivity contribution is 6.06. The second kappa shape index (κ2) is 7.97. The normalized spacial score (nSPS) is 11.1. The first-order valence-corrected chi connectivity index (χ1v) is 8.03. The Kier molecular flexibility index (Phi) is 5.48. The van der Waals surface area contributed by atoms with Gasteiger partial charge in [-0.15, -0.1) is 0 Å². The van der Waals surface area contributed by atoms with Crippen LogP contribution in [0.4, 0.5) is 14.5 Å². The molecular formula is C19H17F2NO4. The second-order valence-electron chi connectivity index (χ2n) is 5.40. The number of hydrogen-bond donors (Lipinski definition) is 1. The van der Waals surface area contributed by atoms with Crippen LogP contribution in [0.3, 0.4) is 0 Å². The molecule has 0 radical (unpaired) electrons. The molecule has 0 saturated carbocycles. The van der Waals surface area contributed by atoms with E-state index in [0.717, 1.165) is 5.39 Å². The predicted octanol–water partition coefficient (Wildman–Crippen LogP) is 4.82. The lowest BCUT2D eigenvalue weighted by Crippen LogP contribution is -2.13. The number of para-hydroxylation sites is 1. The number of benzene rings is 2. The molecule has 7 heteroatoms. The molecule has 0 aliphatic rings. The molecule has 3 rings (SSSR count). The van der Waals surface area contributed by atoms with E-state index in [-0.39, 0.29) is 18.1 Å². The van der Waals surface area contributed by atoms with E-state index in [1.165, 1.54) is 24.3 Å². The molecular weight excluding hydrogens is 344 g/mol. The molecule has 3 aromatic rings. The third-order valence-corrected chi connectivity index (χ3v) is 3.69. The zero-order valence-corrected chi connectivity index (χ0v) is 14.0. The van der Waals surface area contributed by atoms with Crippen LogP contribution >= 0.6 is 0 Å². The number of rotatable bonds is 7. The van der Waals surface area contributed by atoms with E-state index < -0.39 is 12.5 Å². The first-order chi connectivity index (χ1) is 12.6. The summed E-state index contributed by atoms with van der Waals surface area (Å²) in [5.74, 6) is -0.273. The number of ether oxygens (including phenoxy) is 2. The predicted molar refractivity (Wildman–Crippen MR) is 92.6 cm³/mol. The second-order valence-corrected chi connectivity index (χ2v) is 5.40. The number of hydrogen-bond acceptors (Lipinski definition) is 4. The average molecular weight is 361 g/mol. The van der Waals surface area contributed by atoms with Crippen molar-refractivity contribution in [3.8, 4) is 5.75 Å². The molecule has 1 aromatic heterocycles. The summed E-state index contributed by atoms with van der Waals surface area (Å²) in [7, 11) is 0. The van der Waals surface area contributed by atoms with Gasteiger partial charge in [0.05, 0.1) is 6.61 Å². The molecule has 26 heavy (non-hydrogen) atoms. The number of fused-ring (bicyclic) bond motifs is 1.